The predicted molar refractivity (Wildman–Crippen MR) is 156 cm³/mol. The molecule has 41 heavy (non-hydrogen) atoms. The molecular weight excluding hydrogens is 518 g/mol. The van der Waals surface area contributed by atoms with Crippen LogP contribution in [0.4, 0.5) is 5.69 Å². The van der Waals surface area contributed by atoms with Gasteiger partial charge in [-0.2, -0.15) is 0 Å². The monoisotopic (exact) mass is 553 g/mol. The molecule has 1 atom stereocenters. The Kier molecular flexibility index (Phi) is 7.39. The first-order chi connectivity index (χ1) is 20.0. The van der Waals surface area contributed by atoms with Crippen molar-refractivity contribution < 1.29 is 23.9 Å². The minimum absolute atomic E-state index is 0.141. The minimum Gasteiger partial charge on any atom is -0.493 e. The lowest BCUT2D eigenvalue weighted by Crippen LogP contribution is -2.46. The number of imide groups is 1. The van der Waals surface area contributed by atoms with Crippen molar-refractivity contribution in [3.8, 4) is 11.5 Å². The molecule has 6 rings (SSSR count). The van der Waals surface area contributed by atoms with Crippen molar-refractivity contribution in [1.82, 2.24) is 9.80 Å². The van der Waals surface area contributed by atoms with E-state index in [1.54, 1.807) is 20.3 Å². The van der Waals surface area contributed by atoms with Gasteiger partial charge in [0.05, 0.1) is 37.0 Å². The molecule has 0 N–H and O–H groups in total. The molecule has 0 bridgehead atoms. The first-order valence-electron chi connectivity index (χ1n) is 14.3. The summed E-state index contributed by atoms with van der Waals surface area (Å²) in [6.45, 7) is 2.93. The van der Waals surface area contributed by atoms with E-state index in [2.05, 4.69) is 23.1 Å². The number of amides is 3. The highest BCUT2D eigenvalue weighted by atomic mass is 16.5. The van der Waals surface area contributed by atoms with E-state index in [4.69, 9.17) is 9.47 Å². The summed E-state index contributed by atoms with van der Waals surface area (Å²) in [4.78, 5) is 46.1. The van der Waals surface area contributed by atoms with Crippen LogP contribution in [0.15, 0.2) is 60.7 Å². The van der Waals surface area contributed by atoms with E-state index < -0.39 is 0 Å². The van der Waals surface area contributed by atoms with Crippen LogP contribution in [0.5, 0.6) is 11.5 Å². The summed E-state index contributed by atoms with van der Waals surface area (Å²) in [5, 5.41) is 0. The van der Waals surface area contributed by atoms with Crippen molar-refractivity contribution in [2.75, 3.05) is 45.3 Å². The Morgan fingerprint density at radius 2 is 1.71 bits per heavy atom. The number of hydrogen-bond acceptors (Lipinski definition) is 6. The van der Waals surface area contributed by atoms with E-state index in [-0.39, 0.29) is 30.2 Å². The third kappa shape index (κ3) is 5.03. The summed E-state index contributed by atoms with van der Waals surface area (Å²) in [6.07, 6.45) is 3.06. The Labute approximate surface area is 240 Å². The number of benzene rings is 3. The average Bonchev–Trinajstić information content (AvgIpc) is 3.27. The van der Waals surface area contributed by atoms with E-state index in [1.165, 1.54) is 16.0 Å². The fourth-order valence-corrected chi connectivity index (χ4v) is 6.40. The van der Waals surface area contributed by atoms with E-state index >= 15 is 0 Å². The number of nitrogens with zero attached hydrogens (tertiary/aromatic N) is 3. The summed E-state index contributed by atoms with van der Waals surface area (Å²) in [5.74, 6) is 0.725. The van der Waals surface area contributed by atoms with Gasteiger partial charge in [-0.1, -0.05) is 36.4 Å². The van der Waals surface area contributed by atoms with Gasteiger partial charge in [0.25, 0.3) is 11.8 Å². The summed E-state index contributed by atoms with van der Waals surface area (Å²) < 4.78 is 10.7. The number of hydrogen-bond donors (Lipinski definition) is 0. The Balaban J connectivity index is 1.16. The second-order valence-electron chi connectivity index (χ2n) is 11.0. The van der Waals surface area contributed by atoms with Gasteiger partial charge in [0, 0.05) is 32.7 Å². The lowest BCUT2D eigenvalue weighted by molar-refractivity contribution is -0.136. The summed E-state index contributed by atoms with van der Waals surface area (Å²) >= 11 is 0. The second-order valence-corrected chi connectivity index (χ2v) is 11.0. The molecule has 0 aromatic heterocycles. The SMILES string of the molecule is COc1ccc(CCN2C(=O)c3cccc(N4CCCC(C(=O)N5CCc6ccccc6C5)C4)c3C2=O)cc1OC. The van der Waals surface area contributed by atoms with Crippen LogP contribution in [-0.2, 0) is 24.2 Å². The zero-order chi connectivity index (χ0) is 28.5. The van der Waals surface area contributed by atoms with Crippen molar-refractivity contribution >= 4 is 23.4 Å². The number of methoxy groups -OCH3 is 2. The maximum absolute atomic E-state index is 13.7. The van der Waals surface area contributed by atoms with Crippen LogP contribution in [0.3, 0.4) is 0 Å². The number of rotatable bonds is 7. The van der Waals surface area contributed by atoms with Crippen LogP contribution >= 0.6 is 0 Å². The largest absolute Gasteiger partial charge is 0.493 e. The molecule has 3 aliphatic rings. The Morgan fingerprint density at radius 3 is 2.51 bits per heavy atom. The summed E-state index contributed by atoms with van der Waals surface area (Å²) in [7, 11) is 3.17. The number of ether oxygens (including phenoxy) is 2. The highest BCUT2D eigenvalue weighted by Crippen LogP contribution is 2.35. The standard InChI is InChI=1S/C33H35N3O5/c1-40-28-13-12-22(19-29(28)41-2)14-18-36-32(38)26-10-5-11-27(30(26)33(36)39)34-16-6-9-25(21-34)31(37)35-17-15-23-7-3-4-8-24(23)20-35/h3-5,7-8,10-13,19,25H,6,9,14-18,20-21H2,1-2H3. The van der Waals surface area contributed by atoms with Gasteiger partial charge in [0.1, 0.15) is 0 Å². The van der Waals surface area contributed by atoms with Gasteiger partial charge in [0.15, 0.2) is 11.5 Å². The Morgan fingerprint density at radius 1 is 0.902 bits per heavy atom. The molecule has 3 amide bonds. The maximum atomic E-state index is 13.7. The Bertz CT molecular complexity index is 1500. The molecule has 212 valence electrons. The van der Waals surface area contributed by atoms with E-state index in [0.29, 0.717) is 42.1 Å². The molecule has 3 heterocycles. The normalized spacial score (nSPS) is 18.3. The molecule has 1 unspecified atom stereocenters. The molecule has 1 fully saturated rings. The van der Waals surface area contributed by atoms with Crippen molar-refractivity contribution in [3.63, 3.8) is 0 Å². The third-order valence-corrected chi connectivity index (χ3v) is 8.60. The first-order valence-corrected chi connectivity index (χ1v) is 14.3. The quantitative estimate of drug-likeness (QED) is 0.405. The molecule has 0 spiro atoms. The highest BCUT2D eigenvalue weighted by Gasteiger charge is 2.39. The van der Waals surface area contributed by atoms with Crippen LogP contribution in [0.1, 0.15) is 50.2 Å². The van der Waals surface area contributed by atoms with Gasteiger partial charge in [-0.15, -0.1) is 0 Å². The second kappa shape index (κ2) is 11.3. The van der Waals surface area contributed by atoms with Gasteiger partial charge >= 0.3 is 0 Å². The van der Waals surface area contributed by atoms with E-state index in [1.807, 2.05) is 41.3 Å². The predicted octanol–water partition coefficient (Wildman–Crippen LogP) is 4.34. The molecule has 8 heteroatoms. The van der Waals surface area contributed by atoms with Crippen LogP contribution < -0.4 is 14.4 Å². The summed E-state index contributed by atoms with van der Waals surface area (Å²) in [6, 6.07) is 19.4. The first kappa shape index (κ1) is 26.9. The van der Waals surface area contributed by atoms with E-state index in [0.717, 1.165) is 43.6 Å². The van der Waals surface area contributed by atoms with Gasteiger partial charge in [-0.3, -0.25) is 19.3 Å². The minimum atomic E-state index is -0.276. The van der Waals surface area contributed by atoms with Gasteiger partial charge in [-0.25, -0.2) is 0 Å². The number of fused-ring (bicyclic) bond motifs is 2. The molecule has 0 radical (unpaired) electrons. The van der Waals surface area contributed by atoms with E-state index in [9.17, 15) is 14.4 Å². The fraction of sp³-hybridized carbons (Fsp3) is 0.364. The van der Waals surface area contributed by atoms with Crippen LogP contribution in [0.25, 0.3) is 0 Å². The summed E-state index contributed by atoms with van der Waals surface area (Å²) in [5.41, 5.74) is 5.11. The lowest BCUT2D eigenvalue weighted by Gasteiger charge is -2.38. The molecule has 3 aromatic carbocycles. The lowest BCUT2D eigenvalue weighted by atomic mass is 9.93. The van der Waals surface area contributed by atoms with Gasteiger partial charge in [0.2, 0.25) is 5.91 Å². The number of carbonyl (C=O) groups is 3. The van der Waals surface area contributed by atoms with Crippen LogP contribution in [0, 0.1) is 5.92 Å². The molecular formula is C33H35N3O5. The van der Waals surface area contributed by atoms with Crippen molar-refractivity contribution in [2.24, 2.45) is 5.92 Å². The maximum Gasteiger partial charge on any atom is 0.263 e. The van der Waals surface area contributed by atoms with Crippen LogP contribution in [-0.4, -0.2) is 67.9 Å². The molecule has 0 aliphatic carbocycles. The number of anilines is 1. The average molecular weight is 554 g/mol. The van der Waals surface area contributed by atoms with Crippen molar-refractivity contribution in [3.05, 3.63) is 88.5 Å². The number of piperidine rings is 1. The molecule has 0 saturated carbocycles. The van der Waals surface area contributed by atoms with Crippen LogP contribution in [0.2, 0.25) is 0 Å². The smallest absolute Gasteiger partial charge is 0.263 e. The van der Waals surface area contributed by atoms with Gasteiger partial charge in [-0.05, 0) is 66.6 Å². The molecule has 8 nitrogen and oxygen atoms in total. The van der Waals surface area contributed by atoms with Crippen molar-refractivity contribution in [1.29, 1.82) is 0 Å². The zero-order valence-electron chi connectivity index (χ0n) is 23.6. The Hall–Kier alpha value is -4.33. The topological polar surface area (TPSA) is 79.4 Å². The van der Waals surface area contributed by atoms with Crippen molar-refractivity contribution in [2.45, 2.75) is 32.2 Å². The highest BCUT2D eigenvalue weighted by molar-refractivity contribution is 6.23. The fourth-order valence-electron chi connectivity index (χ4n) is 6.40. The molecule has 3 aliphatic heterocycles. The number of carbonyl (C=O) groups excluding carboxylic acids is 3. The zero-order valence-corrected chi connectivity index (χ0v) is 23.6. The molecule has 1 saturated heterocycles. The molecule has 3 aromatic rings. The van der Waals surface area contributed by atoms with Gasteiger partial charge < -0.3 is 19.3 Å². The third-order valence-electron chi connectivity index (χ3n) is 8.60.